The van der Waals surface area contributed by atoms with Crippen molar-refractivity contribution in [3.63, 3.8) is 0 Å². The van der Waals surface area contributed by atoms with E-state index >= 15 is 0 Å². The Balaban J connectivity index is 3.45. The summed E-state index contributed by atoms with van der Waals surface area (Å²) in [6, 6.07) is 0. The summed E-state index contributed by atoms with van der Waals surface area (Å²) in [5.74, 6) is 0.550. The molecule has 0 saturated heterocycles. The molecule has 0 aromatic rings. The van der Waals surface area contributed by atoms with Gasteiger partial charge in [-0.05, 0) is 19.9 Å². The number of hydrogen-bond donors (Lipinski definition) is 1. The zero-order valence-electron chi connectivity index (χ0n) is 9.30. The van der Waals surface area contributed by atoms with Crippen LogP contribution >= 0.6 is 0 Å². The second-order valence-electron chi connectivity index (χ2n) is 3.41. The van der Waals surface area contributed by atoms with Crippen molar-refractivity contribution < 1.29 is 9.47 Å². The molecule has 13 heavy (non-hydrogen) atoms. The van der Waals surface area contributed by atoms with Crippen LogP contribution in [0, 0.1) is 5.92 Å². The summed E-state index contributed by atoms with van der Waals surface area (Å²) in [6.07, 6.45) is 0.297. The third-order valence-electron chi connectivity index (χ3n) is 1.91. The van der Waals surface area contributed by atoms with Crippen LogP contribution < -0.4 is 5.32 Å². The maximum absolute atomic E-state index is 5.66. The summed E-state index contributed by atoms with van der Waals surface area (Å²) in [4.78, 5) is 0. The molecule has 0 aromatic heterocycles. The summed E-state index contributed by atoms with van der Waals surface area (Å²) in [5.41, 5.74) is 0. The maximum atomic E-state index is 5.66. The summed E-state index contributed by atoms with van der Waals surface area (Å²) in [7, 11) is 1.95. The largest absolute Gasteiger partial charge is 0.379 e. The summed E-state index contributed by atoms with van der Waals surface area (Å²) in [5, 5.41) is 3.12. The lowest BCUT2D eigenvalue weighted by Crippen LogP contribution is -2.32. The van der Waals surface area contributed by atoms with Crippen LogP contribution in [0.2, 0.25) is 0 Å². The van der Waals surface area contributed by atoms with Crippen molar-refractivity contribution >= 4 is 0 Å². The summed E-state index contributed by atoms with van der Waals surface area (Å²) >= 11 is 0. The van der Waals surface area contributed by atoms with Crippen LogP contribution in [0.4, 0.5) is 0 Å². The predicted octanol–water partition coefficient (Wildman–Crippen LogP) is 1.28. The summed E-state index contributed by atoms with van der Waals surface area (Å²) < 4.78 is 10.9. The van der Waals surface area contributed by atoms with Gasteiger partial charge in [-0.3, -0.25) is 0 Å². The molecule has 1 N–H and O–H groups in total. The van der Waals surface area contributed by atoms with E-state index in [9.17, 15) is 0 Å². The number of rotatable bonds is 8. The smallest absolute Gasteiger partial charge is 0.0723 e. The van der Waals surface area contributed by atoms with Crippen LogP contribution in [0.25, 0.3) is 0 Å². The Morgan fingerprint density at radius 2 is 1.92 bits per heavy atom. The van der Waals surface area contributed by atoms with Gasteiger partial charge in [0.25, 0.3) is 0 Å². The number of ether oxygens (including phenoxy) is 2. The van der Waals surface area contributed by atoms with Crippen LogP contribution in [0.15, 0.2) is 0 Å². The van der Waals surface area contributed by atoms with Crippen molar-refractivity contribution in [1.29, 1.82) is 0 Å². The molecule has 0 aliphatic heterocycles. The fourth-order valence-corrected chi connectivity index (χ4v) is 1.09. The highest BCUT2D eigenvalue weighted by Crippen LogP contribution is 2.04. The van der Waals surface area contributed by atoms with Gasteiger partial charge in [-0.25, -0.2) is 0 Å². The van der Waals surface area contributed by atoms with Crippen molar-refractivity contribution in [3.8, 4) is 0 Å². The van der Waals surface area contributed by atoms with Gasteiger partial charge < -0.3 is 14.8 Å². The maximum Gasteiger partial charge on any atom is 0.0723 e. The predicted molar refractivity (Wildman–Crippen MR) is 55.0 cm³/mol. The van der Waals surface area contributed by atoms with Crippen molar-refractivity contribution in [2.24, 2.45) is 5.92 Å². The molecule has 3 nitrogen and oxygen atoms in total. The van der Waals surface area contributed by atoms with Gasteiger partial charge in [-0.1, -0.05) is 13.8 Å². The van der Waals surface area contributed by atoms with E-state index in [1.54, 1.807) is 0 Å². The molecule has 0 bridgehead atoms. The minimum atomic E-state index is 0.297. The lowest BCUT2D eigenvalue weighted by molar-refractivity contribution is -0.0111. The van der Waals surface area contributed by atoms with Gasteiger partial charge >= 0.3 is 0 Å². The molecule has 0 radical (unpaired) electrons. The van der Waals surface area contributed by atoms with E-state index in [1.807, 2.05) is 14.0 Å². The van der Waals surface area contributed by atoms with Crippen molar-refractivity contribution in [1.82, 2.24) is 5.32 Å². The van der Waals surface area contributed by atoms with Gasteiger partial charge in [0, 0.05) is 13.2 Å². The molecule has 0 spiro atoms. The zero-order chi connectivity index (χ0) is 10.1. The Labute approximate surface area is 81.8 Å². The van der Waals surface area contributed by atoms with E-state index < -0.39 is 0 Å². The molecule has 1 atom stereocenters. The molecule has 1 unspecified atom stereocenters. The molecule has 80 valence electrons. The molecule has 0 aromatic carbocycles. The van der Waals surface area contributed by atoms with Crippen molar-refractivity contribution in [3.05, 3.63) is 0 Å². The Kier molecular flexibility index (Phi) is 8.40. The lowest BCUT2D eigenvalue weighted by atomic mass is 10.1. The first-order valence-corrected chi connectivity index (χ1v) is 5.06. The van der Waals surface area contributed by atoms with E-state index in [0.29, 0.717) is 25.2 Å². The quantitative estimate of drug-likeness (QED) is 0.584. The van der Waals surface area contributed by atoms with Gasteiger partial charge in [0.2, 0.25) is 0 Å². The minimum Gasteiger partial charge on any atom is -0.379 e. The molecular weight excluding hydrogens is 166 g/mol. The Hall–Kier alpha value is -0.120. The number of likely N-dealkylation sites (N-methyl/N-ethyl adjacent to an activating group) is 1. The normalized spacial score (nSPS) is 13.6. The Morgan fingerprint density at radius 3 is 2.38 bits per heavy atom. The van der Waals surface area contributed by atoms with Crippen molar-refractivity contribution in [2.45, 2.75) is 26.9 Å². The summed E-state index contributed by atoms with van der Waals surface area (Å²) in [6.45, 7) is 9.40. The zero-order valence-corrected chi connectivity index (χ0v) is 9.30. The lowest BCUT2D eigenvalue weighted by Gasteiger charge is -2.20. The molecule has 0 rings (SSSR count). The first-order chi connectivity index (χ1) is 6.22. The number of hydrogen-bond acceptors (Lipinski definition) is 3. The van der Waals surface area contributed by atoms with Crippen LogP contribution in [-0.4, -0.2) is 39.5 Å². The molecule has 3 heteroatoms. The van der Waals surface area contributed by atoms with Gasteiger partial charge in [0.1, 0.15) is 0 Å². The van der Waals surface area contributed by atoms with E-state index in [4.69, 9.17) is 9.47 Å². The van der Waals surface area contributed by atoms with Crippen molar-refractivity contribution in [2.75, 3.05) is 33.4 Å². The van der Waals surface area contributed by atoms with Gasteiger partial charge in [-0.15, -0.1) is 0 Å². The molecule has 0 amide bonds. The molecule has 0 heterocycles. The van der Waals surface area contributed by atoms with E-state index in [1.165, 1.54) is 0 Å². The minimum absolute atomic E-state index is 0.297. The first-order valence-electron chi connectivity index (χ1n) is 5.06. The highest BCUT2D eigenvalue weighted by Gasteiger charge is 2.11. The fourth-order valence-electron chi connectivity index (χ4n) is 1.09. The van der Waals surface area contributed by atoms with E-state index in [0.717, 1.165) is 13.2 Å². The van der Waals surface area contributed by atoms with Gasteiger partial charge in [-0.2, -0.15) is 0 Å². The van der Waals surface area contributed by atoms with E-state index in [2.05, 4.69) is 19.2 Å². The molecule has 0 saturated carbocycles. The standard InChI is InChI=1S/C10H23NO2/c1-5-12-6-7-13-10(8-11-4)9(2)3/h9-11H,5-8H2,1-4H3. The average Bonchev–Trinajstić information content (AvgIpc) is 2.10. The average molecular weight is 189 g/mol. The SMILES string of the molecule is CCOCCOC(CNC)C(C)C. The molecule has 0 aliphatic rings. The first kappa shape index (κ1) is 12.9. The van der Waals surface area contributed by atoms with Crippen LogP contribution in [0.3, 0.4) is 0 Å². The van der Waals surface area contributed by atoms with Crippen LogP contribution in [0.1, 0.15) is 20.8 Å². The topological polar surface area (TPSA) is 30.5 Å². The number of nitrogens with one attached hydrogen (secondary N) is 1. The fraction of sp³-hybridized carbons (Fsp3) is 1.00. The third kappa shape index (κ3) is 6.99. The molecule has 0 fully saturated rings. The van der Waals surface area contributed by atoms with Gasteiger partial charge in [0.15, 0.2) is 0 Å². The highest BCUT2D eigenvalue weighted by atomic mass is 16.5. The highest BCUT2D eigenvalue weighted by molar-refractivity contribution is 4.64. The monoisotopic (exact) mass is 189 g/mol. The van der Waals surface area contributed by atoms with Crippen LogP contribution in [0.5, 0.6) is 0 Å². The second-order valence-corrected chi connectivity index (χ2v) is 3.41. The Bertz CT molecular complexity index is 107. The Morgan fingerprint density at radius 1 is 1.23 bits per heavy atom. The molecule has 0 aliphatic carbocycles. The van der Waals surface area contributed by atoms with Crippen LogP contribution in [-0.2, 0) is 9.47 Å². The van der Waals surface area contributed by atoms with E-state index in [-0.39, 0.29) is 0 Å². The molecular formula is C10H23NO2. The van der Waals surface area contributed by atoms with Gasteiger partial charge in [0.05, 0.1) is 19.3 Å². The second kappa shape index (κ2) is 8.48. The third-order valence-corrected chi connectivity index (χ3v) is 1.91.